The summed E-state index contributed by atoms with van der Waals surface area (Å²) in [6, 6.07) is -1.61. The third kappa shape index (κ3) is 7.53. The van der Waals surface area contributed by atoms with Crippen LogP contribution >= 0.6 is 0 Å². The van der Waals surface area contributed by atoms with Gasteiger partial charge in [0.15, 0.2) is 0 Å². The molecule has 0 radical (unpaired) electrons. The number of urea groups is 1. The number of rotatable bonds is 9. The first kappa shape index (κ1) is 17.3. The van der Waals surface area contributed by atoms with Gasteiger partial charge in [-0.1, -0.05) is 25.7 Å². The molecule has 1 fully saturated rings. The van der Waals surface area contributed by atoms with Crippen molar-refractivity contribution < 1.29 is 19.5 Å². The Morgan fingerprint density at radius 1 is 1.24 bits per heavy atom. The van der Waals surface area contributed by atoms with Gasteiger partial charge in [-0.2, -0.15) is 0 Å². The van der Waals surface area contributed by atoms with Crippen molar-refractivity contribution in [3.8, 4) is 0 Å². The molecule has 0 spiro atoms. The highest BCUT2D eigenvalue weighted by molar-refractivity contribution is 5.83. The first-order valence-electron chi connectivity index (χ1n) is 7.54. The second-order valence-corrected chi connectivity index (χ2v) is 5.59. The molecule has 3 amide bonds. The fraction of sp³-hybridized carbons (Fsp3) is 0.786. The van der Waals surface area contributed by atoms with E-state index in [1.807, 2.05) is 0 Å². The number of carboxylic acid groups (broad SMARTS) is 1. The molecule has 0 unspecified atom stereocenters. The topological polar surface area (TPSA) is 122 Å². The van der Waals surface area contributed by atoms with E-state index in [4.69, 9.17) is 10.8 Å². The highest BCUT2D eigenvalue weighted by Gasteiger charge is 2.20. The molecule has 0 aromatic carbocycles. The Balaban J connectivity index is 2.16. The van der Waals surface area contributed by atoms with Gasteiger partial charge in [0.25, 0.3) is 0 Å². The molecule has 120 valence electrons. The predicted molar refractivity (Wildman–Crippen MR) is 77.6 cm³/mol. The van der Waals surface area contributed by atoms with E-state index >= 15 is 0 Å². The Morgan fingerprint density at radius 2 is 1.90 bits per heavy atom. The number of hydrogen-bond acceptors (Lipinski definition) is 3. The SMILES string of the molecule is NC(=O)CC[C@H](NC(=O)NCCCC1CCCC1)C(=O)O. The van der Waals surface area contributed by atoms with Gasteiger partial charge < -0.3 is 21.5 Å². The van der Waals surface area contributed by atoms with E-state index in [1.54, 1.807) is 0 Å². The molecule has 0 aromatic heterocycles. The number of amides is 3. The Kier molecular flexibility index (Phi) is 7.56. The van der Waals surface area contributed by atoms with Crippen molar-refractivity contribution in [1.82, 2.24) is 10.6 Å². The van der Waals surface area contributed by atoms with E-state index in [1.165, 1.54) is 25.7 Å². The van der Waals surface area contributed by atoms with Crippen molar-refractivity contribution in [2.24, 2.45) is 11.7 Å². The largest absolute Gasteiger partial charge is 0.480 e. The summed E-state index contributed by atoms with van der Waals surface area (Å²) in [6.07, 6.45) is 7.10. The lowest BCUT2D eigenvalue weighted by atomic mass is 10.0. The summed E-state index contributed by atoms with van der Waals surface area (Å²) in [6.45, 7) is 0.532. The molecule has 1 aliphatic carbocycles. The summed E-state index contributed by atoms with van der Waals surface area (Å²) in [5, 5.41) is 13.9. The average Bonchev–Trinajstić information content (AvgIpc) is 2.92. The average molecular weight is 299 g/mol. The third-order valence-corrected chi connectivity index (χ3v) is 3.83. The molecule has 7 nitrogen and oxygen atoms in total. The molecule has 0 heterocycles. The number of carbonyl (C=O) groups is 3. The Labute approximate surface area is 124 Å². The molecule has 0 aliphatic heterocycles. The molecule has 1 aliphatic rings. The first-order valence-corrected chi connectivity index (χ1v) is 7.54. The van der Waals surface area contributed by atoms with Crippen LogP contribution in [-0.2, 0) is 9.59 Å². The van der Waals surface area contributed by atoms with Gasteiger partial charge in [-0.3, -0.25) is 4.79 Å². The maximum atomic E-state index is 11.6. The van der Waals surface area contributed by atoms with Crippen LogP contribution in [0.15, 0.2) is 0 Å². The van der Waals surface area contributed by atoms with Gasteiger partial charge in [0.1, 0.15) is 6.04 Å². The summed E-state index contributed by atoms with van der Waals surface area (Å²) in [5.41, 5.74) is 4.97. The monoisotopic (exact) mass is 299 g/mol. The lowest BCUT2D eigenvalue weighted by Gasteiger charge is -2.15. The van der Waals surface area contributed by atoms with Crippen molar-refractivity contribution in [2.45, 2.75) is 57.4 Å². The predicted octanol–water partition coefficient (Wildman–Crippen LogP) is 0.975. The Hall–Kier alpha value is -1.79. The van der Waals surface area contributed by atoms with Crippen LogP contribution in [0.5, 0.6) is 0 Å². The second kappa shape index (κ2) is 9.20. The number of carbonyl (C=O) groups excluding carboxylic acids is 2. The van der Waals surface area contributed by atoms with Gasteiger partial charge in [0.05, 0.1) is 0 Å². The van der Waals surface area contributed by atoms with Gasteiger partial charge >= 0.3 is 12.0 Å². The zero-order valence-corrected chi connectivity index (χ0v) is 12.3. The summed E-state index contributed by atoms with van der Waals surface area (Å²) in [4.78, 5) is 33.2. The van der Waals surface area contributed by atoms with Gasteiger partial charge in [-0.15, -0.1) is 0 Å². The highest BCUT2D eigenvalue weighted by Crippen LogP contribution is 2.28. The first-order chi connectivity index (χ1) is 9.99. The maximum absolute atomic E-state index is 11.6. The van der Waals surface area contributed by atoms with E-state index < -0.39 is 23.9 Å². The minimum absolute atomic E-state index is 0.000159. The lowest BCUT2D eigenvalue weighted by molar-refractivity contribution is -0.139. The summed E-state index contributed by atoms with van der Waals surface area (Å²) in [5.74, 6) is -0.977. The van der Waals surface area contributed by atoms with E-state index in [9.17, 15) is 14.4 Å². The quantitative estimate of drug-likeness (QED) is 0.474. The molecule has 1 atom stereocenters. The normalized spacial score (nSPS) is 16.4. The minimum atomic E-state index is -1.17. The number of hydrogen-bond donors (Lipinski definition) is 4. The molecule has 21 heavy (non-hydrogen) atoms. The molecule has 0 aromatic rings. The number of primary amides is 1. The second-order valence-electron chi connectivity index (χ2n) is 5.59. The van der Waals surface area contributed by atoms with Crippen LogP contribution < -0.4 is 16.4 Å². The summed E-state index contributed by atoms with van der Waals surface area (Å²) in [7, 11) is 0. The number of nitrogens with two attached hydrogens (primary N) is 1. The van der Waals surface area contributed by atoms with E-state index in [-0.39, 0.29) is 12.8 Å². The van der Waals surface area contributed by atoms with Gasteiger partial charge in [0.2, 0.25) is 5.91 Å². The van der Waals surface area contributed by atoms with Crippen molar-refractivity contribution in [1.29, 1.82) is 0 Å². The highest BCUT2D eigenvalue weighted by atomic mass is 16.4. The molecule has 7 heteroatoms. The lowest BCUT2D eigenvalue weighted by Crippen LogP contribution is -2.46. The van der Waals surface area contributed by atoms with Crippen molar-refractivity contribution >= 4 is 17.9 Å². The fourth-order valence-corrected chi connectivity index (χ4v) is 2.64. The van der Waals surface area contributed by atoms with Crippen LogP contribution in [0.2, 0.25) is 0 Å². The number of carboxylic acids is 1. The van der Waals surface area contributed by atoms with E-state index in [0.717, 1.165) is 18.8 Å². The van der Waals surface area contributed by atoms with Crippen molar-refractivity contribution in [2.75, 3.05) is 6.54 Å². The van der Waals surface area contributed by atoms with Crippen LogP contribution in [-0.4, -0.2) is 35.6 Å². The fourth-order valence-electron chi connectivity index (χ4n) is 2.64. The van der Waals surface area contributed by atoms with E-state index in [2.05, 4.69) is 10.6 Å². The molecule has 0 bridgehead atoms. The van der Waals surface area contributed by atoms with Crippen LogP contribution in [0.25, 0.3) is 0 Å². The third-order valence-electron chi connectivity index (χ3n) is 3.83. The van der Waals surface area contributed by atoms with Gasteiger partial charge in [-0.25, -0.2) is 9.59 Å². The molecule has 5 N–H and O–H groups in total. The molecular formula is C14H25N3O4. The van der Waals surface area contributed by atoms with Crippen molar-refractivity contribution in [3.05, 3.63) is 0 Å². The van der Waals surface area contributed by atoms with Gasteiger partial charge in [0, 0.05) is 13.0 Å². The van der Waals surface area contributed by atoms with Crippen LogP contribution in [0.3, 0.4) is 0 Å². The molecule has 0 saturated heterocycles. The smallest absolute Gasteiger partial charge is 0.326 e. The molecule has 1 saturated carbocycles. The molecular weight excluding hydrogens is 274 g/mol. The van der Waals surface area contributed by atoms with Crippen LogP contribution in [0, 0.1) is 5.92 Å². The standard InChI is InChI=1S/C14H25N3O4/c15-12(18)8-7-11(13(19)20)17-14(21)16-9-3-6-10-4-1-2-5-10/h10-11H,1-9H2,(H2,15,18)(H,19,20)(H2,16,17,21)/t11-/m0/s1. The minimum Gasteiger partial charge on any atom is -0.480 e. The molecule has 1 rings (SSSR count). The summed E-state index contributed by atoms with van der Waals surface area (Å²) >= 11 is 0. The zero-order chi connectivity index (χ0) is 15.7. The van der Waals surface area contributed by atoms with E-state index in [0.29, 0.717) is 6.54 Å². The summed E-state index contributed by atoms with van der Waals surface area (Å²) < 4.78 is 0. The van der Waals surface area contributed by atoms with Crippen LogP contribution in [0.1, 0.15) is 51.4 Å². The van der Waals surface area contributed by atoms with Crippen LogP contribution in [0.4, 0.5) is 4.79 Å². The Morgan fingerprint density at radius 3 is 2.48 bits per heavy atom. The maximum Gasteiger partial charge on any atom is 0.326 e. The Bertz CT molecular complexity index is 367. The number of aliphatic carboxylic acids is 1. The zero-order valence-electron chi connectivity index (χ0n) is 12.3. The van der Waals surface area contributed by atoms with Crippen molar-refractivity contribution in [3.63, 3.8) is 0 Å². The van der Waals surface area contributed by atoms with Gasteiger partial charge in [-0.05, 0) is 25.2 Å². The number of nitrogens with one attached hydrogen (secondary N) is 2.